The summed E-state index contributed by atoms with van der Waals surface area (Å²) in [4.78, 5) is 4.66. The molecule has 0 saturated carbocycles. The smallest absolute Gasteiger partial charge is 0.0868 e. The van der Waals surface area contributed by atoms with Gasteiger partial charge in [0, 0.05) is 22.0 Å². The summed E-state index contributed by atoms with van der Waals surface area (Å²) in [6.07, 6.45) is 0. The lowest BCUT2D eigenvalue weighted by Gasteiger charge is -2.10. The van der Waals surface area contributed by atoms with Gasteiger partial charge in [0.05, 0.1) is 11.4 Å². The van der Waals surface area contributed by atoms with E-state index in [1.165, 1.54) is 5.56 Å². The van der Waals surface area contributed by atoms with Crippen LogP contribution in [0.1, 0.15) is 18.1 Å². The van der Waals surface area contributed by atoms with Gasteiger partial charge in [-0.2, -0.15) is 0 Å². The van der Waals surface area contributed by atoms with Crippen molar-refractivity contribution in [2.75, 3.05) is 5.32 Å². The largest absolute Gasteiger partial charge is 0.353 e. The summed E-state index contributed by atoms with van der Waals surface area (Å²) in [7, 11) is 0. The van der Waals surface area contributed by atoms with Crippen molar-refractivity contribution in [1.29, 1.82) is 0 Å². The van der Waals surface area contributed by atoms with E-state index in [1.54, 1.807) is 0 Å². The molecular weight excluding hydrogens is 244 g/mol. The summed E-state index contributed by atoms with van der Waals surface area (Å²) < 4.78 is 0. The lowest BCUT2D eigenvalue weighted by atomic mass is 10.1. The number of aliphatic imine (C=N–C) groups is 1. The van der Waals surface area contributed by atoms with Gasteiger partial charge in [-0.1, -0.05) is 17.7 Å². The molecule has 0 aromatic heterocycles. The van der Waals surface area contributed by atoms with Gasteiger partial charge in [-0.25, -0.2) is 0 Å². The zero-order valence-corrected chi connectivity index (χ0v) is 11.0. The maximum Gasteiger partial charge on any atom is 0.0868 e. The maximum atomic E-state index is 6.05. The Kier molecular flexibility index (Phi) is 2.60. The summed E-state index contributed by atoms with van der Waals surface area (Å²) in [6.45, 7) is 4.08. The molecule has 0 aliphatic carbocycles. The van der Waals surface area contributed by atoms with Crippen LogP contribution in [0.15, 0.2) is 41.4 Å². The molecule has 1 aliphatic rings. The molecule has 3 rings (SSSR count). The fourth-order valence-electron chi connectivity index (χ4n) is 2.16. The van der Waals surface area contributed by atoms with Gasteiger partial charge in [-0.15, -0.1) is 0 Å². The van der Waals surface area contributed by atoms with E-state index in [1.807, 2.05) is 31.2 Å². The molecule has 1 heterocycles. The van der Waals surface area contributed by atoms with Crippen LogP contribution in [0.2, 0.25) is 5.02 Å². The van der Waals surface area contributed by atoms with E-state index in [2.05, 4.69) is 29.4 Å². The minimum absolute atomic E-state index is 0.729. The molecule has 0 spiro atoms. The summed E-state index contributed by atoms with van der Waals surface area (Å²) >= 11 is 6.05. The first-order valence-corrected chi connectivity index (χ1v) is 6.24. The third-order valence-corrected chi connectivity index (χ3v) is 3.32. The number of halogens is 1. The van der Waals surface area contributed by atoms with Crippen LogP contribution in [0.4, 0.5) is 17.1 Å². The van der Waals surface area contributed by atoms with Gasteiger partial charge in [-0.05, 0) is 49.7 Å². The average Bonchev–Trinajstić information content (AvgIpc) is 2.46. The quantitative estimate of drug-likeness (QED) is 0.716. The Balaban J connectivity index is 2.23. The highest BCUT2D eigenvalue weighted by atomic mass is 35.5. The van der Waals surface area contributed by atoms with Crippen LogP contribution in [0.25, 0.3) is 0 Å². The second-order valence-electron chi connectivity index (χ2n) is 4.53. The van der Waals surface area contributed by atoms with Crippen molar-refractivity contribution < 1.29 is 0 Å². The first-order valence-electron chi connectivity index (χ1n) is 5.86. The standard InChI is InChI=1S/C15H13ClN2/c1-9-3-5-14-15(7-9)18-13-6-4-11(16)8-12(13)10(2)17-14/h3-8,18H,1-2H3. The molecule has 2 aromatic rings. The van der Waals surface area contributed by atoms with E-state index in [0.717, 1.165) is 33.4 Å². The topological polar surface area (TPSA) is 24.4 Å². The van der Waals surface area contributed by atoms with Crippen molar-refractivity contribution in [2.45, 2.75) is 13.8 Å². The highest BCUT2D eigenvalue weighted by Crippen LogP contribution is 2.35. The van der Waals surface area contributed by atoms with Crippen LogP contribution in [-0.2, 0) is 0 Å². The number of hydrogen-bond acceptors (Lipinski definition) is 2. The number of nitrogens with one attached hydrogen (secondary N) is 1. The molecule has 0 atom stereocenters. The summed E-state index contributed by atoms with van der Waals surface area (Å²) in [6, 6.07) is 12.0. The van der Waals surface area contributed by atoms with Gasteiger partial charge >= 0.3 is 0 Å². The van der Waals surface area contributed by atoms with Gasteiger partial charge in [0.1, 0.15) is 0 Å². The van der Waals surface area contributed by atoms with E-state index in [0.29, 0.717) is 0 Å². The lowest BCUT2D eigenvalue weighted by molar-refractivity contribution is 1.42. The molecule has 0 radical (unpaired) electrons. The number of rotatable bonds is 0. The van der Waals surface area contributed by atoms with Crippen molar-refractivity contribution in [1.82, 2.24) is 0 Å². The Bertz CT molecular complexity index is 660. The Morgan fingerprint density at radius 3 is 2.67 bits per heavy atom. The van der Waals surface area contributed by atoms with Crippen molar-refractivity contribution in [3.05, 3.63) is 52.5 Å². The normalized spacial score (nSPS) is 12.9. The van der Waals surface area contributed by atoms with Crippen LogP contribution in [0.5, 0.6) is 0 Å². The van der Waals surface area contributed by atoms with Crippen molar-refractivity contribution in [2.24, 2.45) is 4.99 Å². The predicted octanol–water partition coefficient (Wildman–Crippen LogP) is 4.85. The van der Waals surface area contributed by atoms with Gasteiger partial charge in [0.25, 0.3) is 0 Å². The third-order valence-electron chi connectivity index (χ3n) is 3.08. The highest BCUT2D eigenvalue weighted by molar-refractivity contribution is 6.31. The number of hydrogen-bond donors (Lipinski definition) is 1. The molecule has 0 fully saturated rings. The summed E-state index contributed by atoms with van der Waals surface area (Å²) in [5.41, 5.74) is 6.29. The predicted molar refractivity (Wildman–Crippen MR) is 77.8 cm³/mol. The van der Waals surface area contributed by atoms with Crippen molar-refractivity contribution >= 4 is 34.4 Å². The van der Waals surface area contributed by atoms with Crippen LogP contribution in [0.3, 0.4) is 0 Å². The highest BCUT2D eigenvalue weighted by Gasteiger charge is 2.13. The van der Waals surface area contributed by atoms with Gasteiger partial charge in [-0.3, -0.25) is 4.99 Å². The average molecular weight is 257 g/mol. The third kappa shape index (κ3) is 1.89. The Morgan fingerprint density at radius 2 is 1.83 bits per heavy atom. The van der Waals surface area contributed by atoms with Gasteiger partial charge < -0.3 is 5.32 Å². The van der Waals surface area contributed by atoms with E-state index in [-0.39, 0.29) is 0 Å². The molecule has 0 saturated heterocycles. The Labute approximate surface area is 111 Å². The number of nitrogens with zero attached hydrogens (tertiary/aromatic N) is 1. The van der Waals surface area contributed by atoms with Crippen LogP contribution < -0.4 is 5.32 Å². The molecular formula is C15H13ClN2. The first kappa shape index (κ1) is 11.3. The molecule has 1 aliphatic heterocycles. The number of anilines is 2. The first-order chi connectivity index (χ1) is 8.63. The fourth-order valence-corrected chi connectivity index (χ4v) is 2.33. The van der Waals surface area contributed by atoms with E-state index in [9.17, 15) is 0 Å². The Morgan fingerprint density at radius 1 is 1.00 bits per heavy atom. The molecule has 2 nitrogen and oxygen atoms in total. The molecule has 18 heavy (non-hydrogen) atoms. The number of fused-ring (bicyclic) bond motifs is 2. The molecule has 1 N–H and O–H groups in total. The van der Waals surface area contributed by atoms with E-state index >= 15 is 0 Å². The molecule has 0 unspecified atom stereocenters. The molecule has 0 bridgehead atoms. The fraction of sp³-hybridized carbons (Fsp3) is 0.133. The van der Waals surface area contributed by atoms with Crippen LogP contribution in [-0.4, -0.2) is 5.71 Å². The zero-order chi connectivity index (χ0) is 12.7. The SMILES string of the molecule is CC1=Nc2ccc(C)cc2Nc2ccc(Cl)cc21. The monoisotopic (exact) mass is 256 g/mol. The minimum Gasteiger partial charge on any atom is -0.353 e. The second-order valence-corrected chi connectivity index (χ2v) is 4.97. The van der Waals surface area contributed by atoms with Crippen molar-refractivity contribution in [3.63, 3.8) is 0 Å². The van der Waals surface area contributed by atoms with E-state index < -0.39 is 0 Å². The molecule has 0 amide bonds. The number of benzene rings is 2. The lowest BCUT2D eigenvalue weighted by Crippen LogP contribution is -1.98. The Hall–Kier alpha value is -1.80. The zero-order valence-electron chi connectivity index (χ0n) is 10.3. The summed E-state index contributed by atoms with van der Waals surface area (Å²) in [5.74, 6) is 0. The van der Waals surface area contributed by atoms with Crippen LogP contribution in [0, 0.1) is 6.92 Å². The minimum atomic E-state index is 0.729. The van der Waals surface area contributed by atoms with Crippen LogP contribution >= 0.6 is 11.6 Å². The number of aryl methyl sites for hydroxylation is 1. The molecule has 2 aromatic carbocycles. The van der Waals surface area contributed by atoms with Crippen molar-refractivity contribution in [3.8, 4) is 0 Å². The molecule has 90 valence electrons. The van der Waals surface area contributed by atoms with Gasteiger partial charge in [0.15, 0.2) is 0 Å². The second kappa shape index (κ2) is 4.14. The maximum absolute atomic E-state index is 6.05. The van der Waals surface area contributed by atoms with Gasteiger partial charge in [0.2, 0.25) is 0 Å². The summed E-state index contributed by atoms with van der Waals surface area (Å²) in [5, 5.41) is 4.16. The molecule has 3 heteroatoms. The van der Waals surface area contributed by atoms with E-state index in [4.69, 9.17) is 11.6 Å².